The Balaban J connectivity index is 3.19. The van der Waals surface area contributed by atoms with Gasteiger partial charge in [-0.05, 0) is 0 Å². The first-order valence-electron chi connectivity index (χ1n) is 4.32. The first kappa shape index (κ1) is 12.2. The molecular formula is C9H10F2N2O3. The average molecular weight is 232 g/mol. The van der Waals surface area contributed by atoms with Crippen molar-refractivity contribution < 1.29 is 18.3 Å². The van der Waals surface area contributed by atoms with Gasteiger partial charge >= 0.3 is 5.97 Å². The van der Waals surface area contributed by atoms with Crippen LogP contribution in [0.3, 0.4) is 0 Å². The van der Waals surface area contributed by atoms with Crippen LogP contribution in [0.25, 0.3) is 0 Å². The van der Waals surface area contributed by atoms with Gasteiger partial charge in [-0.1, -0.05) is 0 Å². The van der Waals surface area contributed by atoms with Crippen molar-refractivity contribution in [3.63, 3.8) is 0 Å². The van der Waals surface area contributed by atoms with Gasteiger partial charge in [-0.2, -0.15) is 0 Å². The molecule has 0 atom stereocenters. The van der Waals surface area contributed by atoms with Crippen LogP contribution in [0.15, 0.2) is 11.0 Å². The number of esters is 1. The maximum atomic E-state index is 12.5. The topological polar surface area (TPSA) is 85.2 Å². The third-order valence-electron chi connectivity index (χ3n) is 2.04. The molecule has 0 aliphatic heterocycles. The van der Waals surface area contributed by atoms with Gasteiger partial charge in [-0.3, -0.25) is 9.59 Å². The quantitative estimate of drug-likeness (QED) is 0.747. The van der Waals surface area contributed by atoms with Crippen LogP contribution in [-0.4, -0.2) is 18.1 Å². The molecule has 0 amide bonds. The molecule has 88 valence electrons. The minimum absolute atomic E-state index is 0.113. The number of hydrogen-bond donors (Lipinski definition) is 2. The van der Waals surface area contributed by atoms with E-state index in [1.165, 1.54) is 0 Å². The monoisotopic (exact) mass is 232 g/mol. The molecule has 0 saturated carbocycles. The van der Waals surface area contributed by atoms with Crippen molar-refractivity contribution in [3.05, 3.63) is 27.7 Å². The average Bonchev–Trinajstić information content (AvgIpc) is 2.21. The van der Waals surface area contributed by atoms with Crippen LogP contribution in [0.4, 0.5) is 14.5 Å². The minimum atomic E-state index is -2.98. The number of carbonyl (C=O) groups is 1. The van der Waals surface area contributed by atoms with Gasteiger partial charge in [-0.15, -0.1) is 0 Å². The summed E-state index contributed by atoms with van der Waals surface area (Å²) in [6.45, 7) is 0. The van der Waals surface area contributed by atoms with E-state index in [1.54, 1.807) is 0 Å². The lowest BCUT2D eigenvalue weighted by Crippen LogP contribution is -2.19. The Bertz CT molecular complexity index is 457. The van der Waals surface area contributed by atoms with E-state index in [0.29, 0.717) is 0 Å². The molecule has 0 saturated heterocycles. The summed E-state index contributed by atoms with van der Waals surface area (Å²) in [6.07, 6.45) is -2.12. The number of aromatic nitrogens is 1. The molecule has 3 N–H and O–H groups in total. The molecular weight excluding hydrogens is 222 g/mol. The van der Waals surface area contributed by atoms with Gasteiger partial charge < -0.3 is 15.5 Å². The number of nitrogens with one attached hydrogen (secondary N) is 1. The van der Waals surface area contributed by atoms with Crippen molar-refractivity contribution in [1.82, 2.24) is 4.98 Å². The highest BCUT2D eigenvalue weighted by molar-refractivity contribution is 5.75. The van der Waals surface area contributed by atoms with E-state index in [-0.39, 0.29) is 17.7 Å². The fourth-order valence-corrected chi connectivity index (χ4v) is 1.19. The third kappa shape index (κ3) is 2.36. The van der Waals surface area contributed by atoms with Gasteiger partial charge in [0.1, 0.15) is 5.56 Å². The number of methoxy groups -OCH3 is 1. The second-order valence-electron chi connectivity index (χ2n) is 3.02. The molecule has 0 aliphatic rings. The van der Waals surface area contributed by atoms with E-state index in [0.717, 1.165) is 13.3 Å². The number of alkyl halides is 2. The SMILES string of the molecule is COC(=O)Cc1c[nH]c(=O)c(C(F)F)c1N. The van der Waals surface area contributed by atoms with Gasteiger partial charge in [0, 0.05) is 11.8 Å². The molecule has 1 heterocycles. The van der Waals surface area contributed by atoms with Crippen LogP contribution in [0, 0.1) is 0 Å². The predicted octanol–water partition coefficient (Wildman–Crippen LogP) is 0.610. The Hall–Kier alpha value is -1.92. The number of pyridine rings is 1. The molecule has 0 spiro atoms. The summed E-state index contributed by atoms with van der Waals surface area (Å²) in [5, 5.41) is 0. The van der Waals surface area contributed by atoms with Crippen LogP contribution in [0.5, 0.6) is 0 Å². The van der Waals surface area contributed by atoms with Crippen molar-refractivity contribution in [2.75, 3.05) is 12.8 Å². The number of ether oxygens (including phenoxy) is 1. The predicted molar refractivity (Wildman–Crippen MR) is 52.2 cm³/mol. The van der Waals surface area contributed by atoms with E-state index in [4.69, 9.17) is 5.73 Å². The zero-order valence-electron chi connectivity index (χ0n) is 8.42. The van der Waals surface area contributed by atoms with Crippen LogP contribution < -0.4 is 11.3 Å². The number of nitrogen functional groups attached to an aromatic ring is 1. The molecule has 7 heteroatoms. The molecule has 1 rings (SSSR count). The second kappa shape index (κ2) is 4.73. The van der Waals surface area contributed by atoms with Crippen molar-refractivity contribution in [2.24, 2.45) is 0 Å². The van der Waals surface area contributed by atoms with E-state index in [1.807, 2.05) is 0 Å². The summed E-state index contributed by atoms with van der Waals surface area (Å²) in [5.41, 5.74) is 3.35. The van der Waals surface area contributed by atoms with Gasteiger partial charge in [-0.25, -0.2) is 8.78 Å². The molecule has 0 bridgehead atoms. The molecule has 16 heavy (non-hydrogen) atoms. The Labute approximate surface area is 89.2 Å². The van der Waals surface area contributed by atoms with Crippen molar-refractivity contribution in [1.29, 1.82) is 0 Å². The molecule has 1 aromatic rings. The standard InChI is InChI=1S/C9H10F2N2O3/c1-16-5(14)2-4-3-13-9(15)6(7(4)12)8(10)11/h3,8H,2H2,1H3,(H3,12,13,15). The van der Waals surface area contributed by atoms with Crippen molar-refractivity contribution in [2.45, 2.75) is 12.8 Å². The number of hydrogen-bond acceptors (Lipinski definition) is 4. The van der Waals surface area contributed by atoms with Crippen LogP contribution in [-0.2, 0) is 16.0 Å². The first-order valence-corrected chi connectivity index (χ1v) is 4.32. The number of H-pyrrole nitrogens is 1. The molecule has 0 aliphatic carbocycles. The summed E-state index contributed by atoms with van der Waals surface area (Å²) >= 11 is 0. The van der Waals surface area contributed by atoms with E-state index in [2.05, 4.69) is 9.72 Å². The lowest BCUT2D eigenvalue weighted by Gasteiger charge is -2.08. The normalized spacial score (nSPS) is 10.5. The zero-order chi connectivity index (χ0) is 12.3. The summed E-state index contributed by atoms with van der Waals surface area (Å²) in [4.78, 5) is 24.1. The molecule has 1 aromatic heterocycles. The van der Waals surface area contributed by atoms with E-state index >= 15 is 0 Å². The smallest absolute Gasteiger partial charge is 0.310 e. The fourth-order valence-electron chi connectivity index (χ4n) is 1.19. The highest BCUT2D eigenvalue weighted by atomic mass is 19.3. The Morgan fingerprint density at radius 1 is 1.62 bits per heavy atom. The molecule has 0 aromatic carbocycles. The van der Waals surface area contributed by atoms with Gasteiger partial charge in [0.05, 0.1) is 19.2 Å². The highest BCUT2D eigenvalue weighted by Crippen LogP contribution is 2.23. The van der Waals surface area contributed by atoms with Crippen LogP contribution in [0.1, 0.15) is 17.6 Å². The summed E-state index contributed by atoms with van der Waals surface area (Å²) in [6, 6.07) is 0. The van der Waals surface area contributed by atoms with E-state index < -0.39 is 23.5 Å². The van der Waals surface area contributed by atoms with Crippen molar-refractivity contribution >= 4 is 11.7 Å². The minimum Gasteiger partial charge on any atom is -0.469 e. The van der Waals surface area contributed by atoms with Crippen molar-refractivity contribution in [3.8, 4) is 0 Å². The number of anilines is 1. The number of carbonyl (C=O) groups excluding carboxylic acids is 1. The lowest BCUT2D eigenvalue weighted by molar-refractivity contribution is -0.139. The first-order chi connectivity index (χ1) is 7.47. The summed E-state index contributed by atoms with van der Waals surface area (Å²) < 4.78 is 29.3. The fraction of sp³-hybridized carbons (Fsp3) is 0.333. The zero-order valence-corrected chi connectivity index (χ0v) is 8.42. The maximum Gasteiger partial charge on any atom is 0.310 e. The number of rotatable bonds is 3. The third-order valence-corrected chi connectivity index (χ3v) is 2.04. The Morgan fingerprint density at radius 3 is 2.75 bits per heavy atom. The number of aromatic amines is 1. The van der Waals surface area contributed by atoms with Crippen LogP contribution in [0.2, 0.25) is 0 Å². The molecule has 0 unspecified atom stereocenters. The Kier molecular flexibility index (Phi) is 3.60. The molecule has 0 radical (unpaired) electrons. The maximum absolute atomic E-state index is 12.5. The largest absolute Gasteiger partial charge is 0.469 e. The summed E-state index contributed by atoms with van der Waals surface area (Å²) in [7, 11) is 1.16. The van der Waals surface area contributed by atoms with Crippen LogP contribution >= 0.6 is 0 Å². The molecule has 0 fully saturated rings. The summed E-state index contributed by atoms with van der Waals surface area (Å²) in [5.74, 6) is -0.626. The van der Waals surface area contributed by atoms with Gasteiger partial charge in [0.15, 0.2) is 0 Å². The van der Waals surface area contributed by atoms with Gasteiger partial charge in [0.2, 0.25) is 0 Å². The van der Waals surface area contributed by atoms with E-state index in [9.17, 15) is 18.4 Å². The number of halogens is 2. The number of nitrogens with two attached hydrogens (primary N) is 1. The highest BCUT2D eigenvalue weighted by Gasteiger charge is 2.19. The van der Waals surface area contributed by atoms with Gasteiger partial charge in [0.25, 0.3) is 12.0 Å². The second-order valence-corrected chi connectivity index (χ2v) is 3.02. The lowest BCUT2D eigenvalue weighted by atomic mass is 10.1. The molecule has 5 nitrogen and oxygen atoms in total. The Morgan fingerprint density at radius 2 is 2.25 bits per heavy atom.